The summed E-state index contributed by atoms with van der Waals surface area (Å²) in [6.07, 6.45) is 5.27. The van der Waals surface area contributed by atoms with E-state index in [0.29, 0.717) is 36.8 Å². The topological polar surface area (TPSA) is 64.1 Å². The van der Waals surface area contributed by atoms with Crippen LogP contribution in [0.2, 0.25) is 0 Å². The van der Waals surface area contributed by atoms with E-state index in [4.69, 9.17) is 0 Å². The Morgan fingerprint density at radius 3 is 2.59 bits per heavy atom. The predicted octanol–water partition coefficient (Wildman–Crippen LogP) is 1.88. The summed E-state index contributed by atoms with van der Waals surface area (Å²) in [5.41, 5.74) is 2.70. The van der Waals surface area contributed by atoms with Crippen LogP contribution in [-0.2, 0) is 21.9 Å². The van der Waals surface area contributed by atoms with E-state index in [1.807, 2.05) is 12.1 Å². The molecule has 1 N–H and O–H groups in total. The predicted molar refractivity (Wildman–Crippen MR) is 116 cm³/mol. The maximum atomic E-state index is 11.8. The maximum Gasteiger partial charge on any atom is 0.211 e. The van der Waals surface area contributed by atoms with Gasteiger partial charge in [-0.3, -0.25) is 0 Å². The zero-order chi connectivity index (χ0) is 21.0. The second-order valence-corrected chi connectivity index (χ2v) is 11.7. The third-order valence-corrected chi connectivity index (χ3v) is 9.07. The summed E-state index contributed by atoms with van der Waals surface area (Å²) in [5.74, 6) is 0.884. The van der Waals surface area contributed by atoms with Crippen molar-refractivity contribution in [2.24, 2.45) is 5.92 Å². The summed E-state index contributed by atoms with van der Waals surface area (Å²) in [4.78, 5) is 5.04. The van der Waals surface area contributed by atoms with Crippen LogP contribution in [-0.4, -0.2) is 86.2 Å². The van der Waals surface area contributed by atoms with Crippen LogP contribution in [0.4, 0.5) is 0 Å². The molecule has 3 atom stereocenters. The van der Waals surface area contributed by atoms with Gasteiger partial charge in [0, 0.05) is 37.1 Å². The molecule has 0 amide bonds. The molecule has 0 spiro atoms. The highest BCUT2D eigenvalue weighted by Crippen LogP contribution is 2.47. The third kappa shape index (κ3) is 3.82. The Labute approximate surface area is 175 Å². The van der Waals surface area contributed by atoms with Crippen LogP contribution < -0.4 is 0 Å². The van der Waals surface area contributed by atoms with Crippen molar-refractivity contribution >= 4 is 10.0 Å². The number of sulfonamides is 1. The van der Waals surface area contributed by atoms with E-state index in [9.17, 15) is 13.5 Å². The maximum absolute atomic E-state index is 11.8. The number of likely N-dealkylation sites (tertiary alicyclic amines) is 1. The lowest BCUT2D eigenvalue weighted by molar-refractivity contribution is -0.00614. The molecule has 2 aliphatic heterocycles. The highest BCUT2D eigenvalue weighted by molar-refractivity contribution is 7.88. The summed E-state index contributed by atoms with van der Waals surface area (Å²) in [6, 6.07) is 6.77. The number of rotatable bonds is 4. The van der Waals surface area contributed by atoms with E-state index < -0.39 is 10.0 Å². The standard InChI is InChI=1S/C22H35N3O3S/c1-22-9-12-23(2)20(13-17-5-6-18(26)14-19(17)22)21(22)24(3)15-16-7-10-25(11-8-16)29(4,27)28/h5-6,14,16,20-21,26H,7-13,15H2,1-4H3/t20-,21+,22?/m1/s1. The Morgan fingerprint density at radius 1 is 1.24 bits per heavy atom. The highest BCUT2D eigenvalue weighted by Gasteiger charge is 2.51. The van der Waals surface area contributed by atoms with Crippen molar-refractivity contribution in [1.82, 2.24) is 14.1 Å². The molecule has 7 heteroatoms. The summed E-state index contributed by atoms with van der Waals surface area (Å²) < 4.78 is 25.2. The normalized spacial score (nSPS) is 31.8. The van der Waals surface area contributed by atoms with E-state index in [-0.39, 0.29) is 5.41 Å². The lowest BCUT2D eigenvalue weighted by Crippen LogP contribution is -2.66. The summed E-state index contributed by atoms with van der Waals surface area (Å²) >= 11 is 0. The van der Waals surface area contributed by atoms with Gasteiger partial charge in [0.15, 0.2) is 0 Å². The molecule has 162 valence electrons. The molecule has 1 unspecified atom stereocenters. The molecule has 2 bridgehead atoms. The van der Waals surface area contributed by atoms with Gasteiger partial charge in [-0.1, -0.05) is 13.0 Å². The Balaban J connectivity index is 1.54. The minimum atomic E-state index is -3.08. The molecule has 0 saturated carbocycles. The van der Waals surface area contributed by atoms with E-state index in [1.165, 1.54) is 17.4 Å². The van der Waals surface area contributed by atoms with Gasteiger partial charge in [0.05, 0.1) is 6.26 Å². The van der Waals surface area contributed by atoms with Crippen molar-refractivity contribution in [3.8, 4) is 5.75 Å². The molecular formula is C22H35N3O3S. The van der Waals surface area contributed by atoms with Gasteiger partial charge in [0.2, 0.25) is 10.0 Å². The molecule has 4 rings (SSSR count). The minimum absolute atomic E-state index is 0.0196. The lowest BCUT2D eigenvalue weighted by Gasteiger charge is -2.58. The van der Waals surface area contributed by atoms with Gasteiger partial charge in [-0.15, -0.1) is 0 Å². The number of hydrogen-bond acceptors (Lipinski definition) is 5. The Morgan fingerprint density at radius 2 is 1.93 bits per heavy atom. The fourth-order valence-corrected chi connectivity index (χ4v) is 7.05. The van der Waals surface area contributed by atoms with Crippen molar-refractivity contribution in [3.63, 3.8) is 0 Å². The summed E-state index contributed by atoms with van der Waals surface area (Å²) in [7, 11) is 1.40. The van der Waals surface area contributed by atoms with Crippen molar-refractivity contribution in [2.75, 3.05) is 46.5 Å². The van der Waals surface area contributed by atoms with Crippen LogP contribution in [0.25, 0.3) is 0 Å². The highest BCUT2D eigenvalue weighted by atomic mass is 32.2. The van der Waals surface area contributed by atoms with Crippen molar-refractivity contribution in [2.45, 2.75) is 50.1 Å². The average molecular weight is 422 g/mol. The number of phenolic OH excluding ortho intramolecular Hbond substituents is 1. The lowest BCUT2D eigenvalue weighted by atomic mass is 9.61. The number of piperidine rings is 2. The van der Waals surface area contributed by atoms with Crippen LogP contribution in [0.15, 0.2) is 18.2 Å². The van der Waals surface area contributed by atoms with E-state index in [0.717, 1.165) is 38.8 Å². The molecule has 1 aliphatic carbocycles. The SMILES string of the molecule is CN1CCC2(C)c3cc(O)ccc3C[C@@H]1[C@@H]2N(C)CC1CCN(S(C)(=O)=O)CC1. The number of likely N-dealkylation sites (N-methyl/N-ethyl adjacent to an activating group) is 2. The molecule has 0 radical (unpaired) electrons. The molecular weight excluding hydrogens is 386 g/mol. The smallest absolute Gasteiger partial charge is 0.211 e. The Hall–Kier alpha value is -1.15. The molecule has 6 nitrogen and oxygen atoms in total. The molecule has 2 saturated heterocycles. The van der Waals surface area contributed by atoms with Gasteiger partial charge in [-0.25, -0.2) is 12.7 Å². The van der Waals surface area contributed by atoms with E-state index in [2.05, 4.69) is 36.9 Å². The van der Waals surface area contributed by atoms with Crippen LogP contribution in [0.1, 0.15) is 37.3 Å². The number of fused-ring (bicyclic) bond motifs is 4. The van der Waals surface area contributed by atoms with Crippen molar-refractivity contribution < 1.29 is 13.5 Å². The summed E-state index contributed by atoms with van der Waals surface area (Å²) in [6.45, 7) is 5.72. The largest absolute Gasteiger partial charge is 0.508 e. The first kappa shape index (κ1) is 21.1. The van der Waals surface area contributed by atoms with Crippen molar-refractivity contribution in [3.05, 3.63) is 29.3 Å². The minimum Gasteiger partial charge on any atom is -0.508 e. The zero-order valence-corrected chi connectivity index (χ0v) is 19.0. The van der Waals surface area contributed by atoms with E-state index >= 15 is 0 Å². The second-order valence-electron chi connectivity index (χ2n) is 9.75. The molecule has 3 aliphatic rings. The molecule has 0 aromatic heterocycles. The number of aromatic hydroxyl groups is 1. The van der Waals surface area contributed by atoms with E-state index in [1.54, 1.807) is 4.31 Å². The zero-order valence-electron chi connectivity index (χ0n) is 18.1. The molecule has 1 aromatic rings. The molecule has 29 heavy (non-hydrogen) atoms. The van der Waals surface area contributed by atoms with Crippen LogP contribution in [0.5, 0.6) is 5.75 Å². The first-order valence-corrected chi connectivity index (χ1v) is 12.6. The van der Waals surface area contributed by atoms with Crippen molar-refractivity contribution in [1.29, 1.82) is 0 Å². The van der Waals surface area contributed by atoms with Crippen LogP contribution >= 0.6 is 0 Å². The first-order valence-electron chi connectivity index (χ1n) is 10.8. The summed E-state index contributed by atoms with van der Waals surface area (Å²) in [5, 5.41) is 10.2. The fraction of sp³-hybridized carbons (Fsp3) is 0.727. The van der Waals surface area contributed by atoms with Crippen LogP contribution in [0, 0.1) is 5.92 Å². The number of nitrogens with zero attached hydrogens (tertiary/aromatic N) is 3. The average Bonchev–Trinajstić information content (AvgIpc) is 2.65. The quantitative estimate of drug-likeness (QED) is 0.804. The third-order valence-electron chi connectivity index (χ3n) is 7.77. The Bertz CT molecular complexity index is 866. The van der Waals surface area contributed by atoms with Gasteiger partial charge in [0.25, 0.3) is 0 Å². The van der Waals surface area contributed by atoms with Gasteiger partial charge in [-0.05, 0) is 75.5 Å². The van der Waals surface area contributed by atoms with Gasteiger partial charge >= 0.3 is 0 Å². The number of benzene rings is 1. The Kier molecular flexibility index (Phi) is 5.47. The fourth-order valence-electron chi connectivity index (χ4n) is 6.17. The first-order chi connectivity index (χ1) is 13.6. The molecule has 1 aromatic carbocycles. The van der Waals surface area contributed by atoms with Gasteiger partial charge < -0.3 is 14.9 Å². The second kappa shape index (κ2) is 7.52. The molecule has 2 heterocycles. The van der Waals surface area contributed by atoms with Crippen LogP contribution in [0.3, 0.4) is 0 Å². The molecule has 2 fully saturated rings. The van der Waals surface area contributed by atoms with Gasteiger partial charge in [-0.2, -0.15) is 0 Å². The van der Waals surface area contributed by atoms with Gasteiger partial charge in [0.1, 0.15) is 5.75 Å². The number of phenols is 1. The monoisotopic (exact) mass is 421 g/mol. The number of hydrogen-bond donors (Lipinski definition) is 1.